The number of hydrogen-bond donors (Lipinski definition) is 0. The van der Waals surface area contributed by atoms with Crippen molar-refractivity contribution < 1.29 is 13.9 Å². The van der Waals surface area contributed by atoms with E-state index in [-0.39, 0.29) is 17.4 Å². The van der Waals surface area contributed by atoms with E-state index in [9.17, 15) is 9.18 Å². The second kappa shape index (κ2) is 7.76. The van der Waals surface area contributed by atoms with Crippen LogP contribution < -0.4 is 4.90 Å². The zero-order chi connectivity index (χ0) is 16.9. The first-order valence-corrected chi connectivity index (χ1v) is 8.85. The molecule has 3 rings (SSSR count). The van der Waals surface area contributed by atoms with Gasteiger partial charge in [-0.05, 0) is 31.2 Å². The molecule has 128 valence electrons. The Morgan fingerprint density at radius 2 is 1.96 bits per heavy atom. The van der Waals surface area contributed by atoms with Crippen molar-refractivity contribution in [1.82, 2.24) is 14.8 Å². The van der Waals surface area contributed by atoms with Gasteiger partial charge in [0.05, 0.1) is 19.0 Å². The topological polar surface area (TPSA) is 60.2 Å². The van der Waals surface area contributed by atoms with Crippen molar-refractivity contribution in [2.24, 2.45) is 0 Å². The summed E-state index contributed by atoms with van der Waals surface area (Å²) in [5, 5.41) is 9.21. The summed E-state index contributed by atoms with van der Waals surface area (Å²) >= 11 is 1.35. The highest BCUT2D eigenvalue weighted by atomic mass is 32.2. The first-order chi connectivity index (χ1) is 11.7. The Hall–Kier alpha value is -1.93. The molecule has 0 amide bonds. The standard InChI is InChI=1S/C16H19FN4O2S/c1-2-21-15(20-7-9-23-10-8-20)18-19-16(21)24-11-14(22)12-3-5-13(17)6-4-12/h3-6H,2,7-11H2,1H3. The number of aromatic nitrogens is 3. The Morgan fingerprint density at radius 3 is 2.62 bits per heavy atom. The molecule has 0 radical (unpaired) electrons. The zero-order valence-corrected chi connectivity index (χ0v) is 14.3. The molecule has 0 spiro atoms. The third-order valence-electron chi connectivity index (χ3n) is 3.81. The molecule has 0 aliphatic carbocycles. The molecule has 2 aromatic rings. The fourth-order valence-corrected chi connectivity index (χ4v) is 3.40. The molecule has 1 aliphatic heterocycles. The van der Waals surface area contributed by atoms with E-state index in [0.717, 1.165) is 30.7 Å². The minimum absolute atomic E-state index is 0.0569. The van der Waals surface area contributed by atoms with Gasteiger partial charge in [-0.2, -0.15) is 0 Å². The lowest BCUT2D eigenvalue weighted by Crippen LogP contribution is -2.38. The lowest BCUT2D eigenvalue weighted by atomic mass is 10.1. The Morgan fingerprint density at radius 1 is 1.25 bits per heavy atom. The number of ether oxygens (including phenoxy) is 1. The molecular formula is C16H19FN4O2S. The van der Waals surface area contributed by atoms with Gasteiger partial charge in [0, 0.05) is 25.2 Å². The molecule has 8 heteroatoms. The van der Waals surface area contributed by atoms with Gasteiger partial charge in [0.25, 0.3) is 0 Å². The average Bonchev–Trinajstić information content (AvgIpc) is 3.04. The minimum atomic E-state index is -0.347. The van der Waals surface area contributed by atoms with Gasteiger partial charge in [-0.1, -0.05) is 11.8 Å². The first kappa shape index (κ1) is 16.9. The quantitative estimate of drug-likeness (QED) is 0.588. The monoisotopic (exact) mass is 350 g/mol. The molecule has 6 nitrogen and oxygen atoms in total. The molecule has 1 aromatic heterocycles. The van der Waals surface area contributed by atoms with Crippen LogP contribution in [0, 0.1) is 5.82 Å². The van der Waals surface area contributed by atoms with Crippen LogP contribution in [0.4, 0.5) is 10.3 Å². The maximum atomic E-state index is 12.9. The summed E-state index contributed by atoms with van der Waals surface area (Å²) in [7, 11) is 0. The van der Waals surface area contributed by atoms with Crippen LogP contribution in [0.1, 0.15) is 17.3 Å². The molecule has 0 saturated carbocycles. The Kier molecular flexibility index (Phi) is 5.47. The zero-order valence-electron chi connectivity index (χ0n) is 13.4. The fourth-order valence-electron chi connectivity index (χ4n) is 2.51. The van der Waals surface area contributed by atoms with Crippen LogP contribution in [0.2, 0.25) is 0 Å². The van der Waals surface area contributed by atoms with Gasteiger partial charge in [0.2, 0.25) is 5.95 Å². The summed E-state index contributed by atoms with van der Waals surface area (Å²) in [6.45, 7) is 5.70. The Balaban J connectivity index is 1.67. The van der Waals surface area contributed by atoms with E-state index >= 15 is 0 Å². The molecule has 1 saturated heterocycles. The van der Waals surface area contributed by atoms with Crippen molar-refractivity contribution in [2.75, 3.05) is 37.0 Å². The van der Waals surface area contributed by atoms with E-state index < -0.39 is 0 Å². The molecule has 1 fully saturated rings. The van der Waals surface area contributed by atoms with Gasteiger partial charge in [-0.15, -0.1) is 10.2 Å². The summed E-state index contributed by atoms with van der Waals surface area (Å²) in [6, 6.07) is 5.59. The first-order valence-electron chi connectivity index (χ1n) is 7.86. The number of carbonyl (C=O) groups excluding carboxylic acids is 1. The van der Waals surface area contributed by atoms with Crippen molar-refractivity contribution in [2.45, 2.75) is 18.6 Å². The highest BCUT2D eigenvalue weighted by Crippen LogP contribution is 2.23. The number of morpholine rings is 1. The summed E-state index contributed by atoms with van der Waals surface area (Å²) < 4.78 is 20.3. The molecule has 24 heavy (non-hydrogen) atoms. The number of anilines is 1. The van der Waals surface area contributed by atoms with Crippen LogP contribution in [0.25, 0.3) is 0 Å². The van der Waals surface area contributed by atoms with Crippen LogP contribution in [0.15, 0.2) is 29.4 Å². The average molecular weight is 350 g/mol. The third-order valence-corrected chi connectivity index (χ3v) is 4.77. The van der Waals surface area contributed by atoms with E-state index in [1.165, 1.54) is 36.0 Å². The number of thioether (sulfide) groups is 1. The molecular weight excluding hydrogens is 331 g/mol. The Labute approximate surface area is 144 Å². The maximum absolute atomic E-state index is 12.9. The van der Waals surface area contributed by atoms with Gasteiger partial charge in [-0.25, -0.2) is 4.39 Å². The fraction of sp³-hybridized carbons (Fsp3) is 0.438. The SMILES string of the molecule is CCn1c(SCC(=O)c2ccc(F)cc2)nnc1N1CCOCC1. The molecule has 0 unspecified atom stereocenters. The second-order valence-electron chi connectivity index (χ2n) is 5.34. The number of hydrogen-bond acceptors (Lipinski definition) is 6. The van der Waals surface area contributed by atoms with Crippen LogP contribution in [0.3, 0.4) is 0 Å². The van der Waals surface area contributed by atoms with E-state index in [4.69, 9.17) is 4.74 Å². The third kappa shape index (κ3) is 3.76. The minimum Gasteiger partial charge on any atom is -0.378 e. The van der Waals surface area contributed by atoms with Crippen molar-refractivity contribution in [1.29, 1.82) is 0 Å². The van der Waals surface area contributed by atoms with Gasteiger partial charge in [-0.3, -0.25) is 9.36 Å². The van der Waals surface area contributed by atoms with Crippen LogP contribution in [0.5, 0.6) is 0 Å². The number of carbonyl (C=O) groups is 1. The number of rotatable bonds is 6. The number of halogens is 1. The lowest BCUT2D eigenvalue weighted by molar-refractivity contribution is 0.102. The molecule has 0 N–H and O–H groups in total. The van der Waals surface area contributed by atoms with E-state index in [0.29, 0.717) is 18.8 Å². The molecule has 0 bridgehead atoms. The van der Waals surface area contributed by atoms with Crippen LogP contribution >= 0.6 is 11.8 Å². The van der Waals surface area contributed by atoms with Crippen molar-refractivity contribution in [3.63, 3.8) is 0 Å². The number of Topliss-reactive ketones (excluding diaryl/α,β-unsaturated/α-hetero) is 1. The number of ketones is 1. The highest BCUT2D eigenvalue weighted by molar-refractivity contribution is 7.99. The van der Waals surface area contributed by atoms with Gasteiger partial charge in [0.1, 0.15) is 5.82 Å². The Bertz CT molecular complexity index is 699. The van der Waals surface area contributed by atoms with E-state index in [1.54, 1.807) is 0 Å². The summed E-state index contributed by atoms with van der Waals surface area (Å²) in [5.41, 5.74) is 0.500. The normalized spacial score (nSPS) is 14.8. The predicted octanol–water partition coefficient (Wildman–Crippen LogP) is 2.25. The smallest absolute Gasteiger partial charge is 0.228 e. The lowest BCUT2D eigenvalue weighted by Gasteiger charge is -2.27. The van der Waals surface area contributed by atoms with Gasteiger partial charge < -0.3 is 9.64 Å². The molecule has 1 aliphatic rings. The molecule has 2 heterocycles. The van der Waals surface area contributed by atoms with Crippen molar-refractivity contribution in [3.8, 4) is 0 Å². The summed E-state index contributed by atoms with van der Waals surface area (Å²) in [6.07, 6.45) is 0. The van der Waals surface area contributed by atoms with Gasteiger partial charge in [0.15, 0.2) is 10.9 Å². The number of benzene rings is 1. The van der Waals surface area contributed by atoms with Gasteiger partial charge >= 0.3 is 0 Å². The van der Waals surface area contributed by atoms with Crippen LogP contribution in [-0.4, -0.2) is 52.6 Å². The summed E-state index contributed by atoms with van der Waals surface area (Å²) in [5.74, 6) is 0.656. The maximum Gasteiger partial charge on any atom is 0.228 e. The second-order valence-corrected chi connectivity index (χ2v) is 6.29. The highest BCUT2D eigenvalue weighted by Gasteiger charge is 2.20. The van der Waals surface area contributed by atoms with E-state index in [2.05, 4.69) is 15.1 Å². The summed E-state index contributed by atoms with van der Waals surface area (Å²) in [4.78, 5) is 14.4. The van der Waals surface area contributed by atoms with Crippen LogP contribution in [-0.2, 0) is 11.3 Å². The molecule has 0 atom stereocenters. The largest absolute Gasteiger partial charge is 0.378 e. The molecule has 1 aromatic carbocycles. The van der Waals surface area contributed by atoms with E-state index in [1.807, 2.05) is 11.5 Å². The number of nitrogens with zero attached hydrogens (tertiary/aromatic N) is 4. The van der Waals surface area contributed by atoms with Crippen molar-refractivity contribution >= 4 is 23.5 Å². The predicted molar refractivity (Wildman–Crippen MR) is 90.2 cm³/mol. The van der Waals surface area contributed by atoms with Crippen molar-refractivity contribution in [3.05, 3.63) is 35.6 Å².